The van der Waals surface area contributed by atoms with Crippen LogP contribution in [-0.4, -0.2) is 90.2 Å². The number of methoxy groups -OCH3 is 2. The largest absolute Gasteiger partial charge is 0.501 e. The molecule has 2 aromatic rings. The highest BCUT2D eigenvalue weighted by Gasteiger charge is 2.51. The van der Waals surface area contributed by atoms with Gasteiger partial charge >= 0.3 is 11.9 Å². The SMILES string of the molecule is C=CC=COCCCCCCOC.C=CC=COCCCCCCOC.Cc1ccc(C(=O)O[C@H]2COC3C2OC[C@@H]3OC(=O)c2ccc(C)cc2)cc1. The molecule has 0 amide bonds. The average molecular weight is 751 g/mol. The Labute approximate surface area is 323 Å². The summed E-state index contributed by atoms with van der Waals surface area (Å²) in [4.78, 5) is 24.7. The second kappa shape index (κ2) is 29.2. The van der Waals surface area contributed by atoms with Crippen LogP contribution in [0.3, 0.4) is 0 Å². The van der Waals surface area contributed by atoms with Crippen LogP contribution in [0.5, 0.6) is 0 Å². The fourth-order valence-corrected chi connectivity index (χ4v) is 5.35. The van der Waals surface area contributed by atoms with Gasteiger partial charge in [0.15, 0.2) is 12.2 Å². The number of unbranched alkanes of at least 4 members (excludes halogenated alkanes) is 6. The van der Waals surface area contributed by atoms with Crippen LogP contribution in [0.25, 0.3) is 0 Å². The number of carbonyl (C=O) groups excluding carboxylic acids is 2. The summed E-state index contributed by atoms with van der Waals surface area (Å²) in [5.74, 6) is -0.837. The van der Waals surface area contributed by atoms with Gasteiger partial charge in [-0.15, -0.1) is 0 Å². The van der Waals surface area contributed by atoms with Gasteiger partial charge in [-0.2, -0.15) is 0 Å². The molecule has 0 radical (unpaired) electrons. The average Bonchev–Trinajstić information content (AvgIpc) is 3.77. The molecule has 2 aliphatic rings. The summed E-state index contributed by atoms with van der Waals surface area (Å²) in [6.07, 6.45) is 17.9. The molecule has 0 saturated carbocycles. The highest BCUT2D eigenvalue weighted by Crippen LogP contribution is 2.31. The molecule has 0 N–H and O–H groups in total. The lowest BCUT2D eigenvalue weighted by molar-refractivity contribution is -0.0287. The van der Waals surface area contributed by atoms with E-state index in [0.29, 0.717) is 11.1 Å². The van der Waals surface area contributed by atoms with Crippen LogP contribution in [0, 0.1) is 13.8 Å². The summed E-state index contributed by atoms with van der Waals surface area (Å²) in [7, 11) is 3.48. The fraction of sp³-hybridized carbons (Fsp3) is 0.500. The smallest absolute Gasteiger partial charge is 0.338 e. The molecule has 2 aliphatic heterocycles. The Bertz CT molecular complexity index is 1260. The van der Waals surface area contributed by atoms with E-state index in [1.807, 2.05) is 38.1 Å². The summed E-state index contributed by atoms with van der Waals surface area (Å²) in [5.41, 5.74) is 3.10. The number of hydrogen-bond donors (Lipinski definition) is 0. The first-order valence-electron chi connectivity index (χ1n) is 18.9. The van der Waals surface area contributed by atoms with Crippen LogP contribution >= 0.6 is 0 Å². The molecule has 54 heavy (non-hydrogen) atoms. The molecule has 2 heterocycles. The highest BCUT2D eigenvalue weighted by molar-refractivity contribution is 5.90. The molecule has 298 valence electrons. The summed E-state index contributed by atoms with van der Waals surface area (Å²) >= 11 is 0. The zero-order chi connectivity index (χ0) is 39.2. The van der Waals surface area contributed by atoms with Gasteiger partial charge in [-0.05, 0) is 88.8 Å². The minimum atomic E-state index is -0.526. The van der Waals surface area contributed by atoms with E-state index in [0.717, 1.165) is 63.2 Å². The maximum absolute atomic E-state index is 12.4. The van der Waals surface area contributed by atoms with Gasteiger partial charge in [0.1, 0.15) is 12.2 Å². The van der Waals surface area contributed by atoms with E-state index in [2.05, 4.69) is 13.2 Å². The van der Waals surface area contributed by atoms with Crippen LogP contribution in [0.4, 0.5) is 0 Å². The first-order valence-corrected chi connectivity index (χ1v) is 18.9. The van der Waals surface area contributed by atoms with E-state index < -0.39 is 36.4 Å². The highest BCUT2D eigenvalue weighted by atomic mass is 16.7. The van der Waals surface area contributed by atoms with E-state index in [1.54, 1.807) is 75.3 Å². The maximum atomic E-state index is 12.4. The number of carbonyl (C=O) groups is 2. The number of hydrogen-bond acceptors (Lipinski definition) is 10. The van der Waals surface area contributed by atoms with Crippen molar-refractivity contribution in [1.29, 1.82) is 0 Å². The van der Waals surface area contributed by atoms with Gasteiger partial charge in [-0.25, -0.2) is 9.59 Å². The van der Waals surface area contributed by atoms with Crippen LogP contribution < -0.4 is 0 Å². The minimum Gasteiger partial charge on any atom is -0.501 e. The van der Waals surface area contributed by atoms with E-state index >= 15 is 0 Å². The summed E-state index contributed by atoms with van der Waals surface area (Å²) in [5, 5.41) is 0. The molecule has 2 saturated heterocycles. The minimum absolute atomic E-state index is 0.214. The Morgan fingerprint density at radius 3 is 1.28 bits per heavy atom. The molecule has 10 nitrogen and oxygen atoms in total. The first kappa shape index (κ1) is 45.9. The third-order valence-corrected chi connectivity index (χ3v) is 8.40. The summed E-state index contributed by atoms with van der Waals surface area (Å²) in [6.45, 7) is 14.8. The molecule has 4 atom stereocenters. The van der Waals surface area contributed by atoms with Gasteiger partial charge in [0, 0.05) is 27.4 Å². The molecule has 2 aromatic carbocycles. The van der Waals surface area contributed by atoms with Crippen molar-refractivity contribution in [3.63, 3.8) is 0 Å². The lowest BCUT2D eigenvalue weighted by atomic mass is 10.1. The number of allylic oxidation sites excluding steroid dienone is 4. The Morgan fingerprint density at radius 2 is 0.944 bits per heavy atom. The molecule has 0 bridgehead atoms. The summed E-state index contributed by atoms with van der Waals surface area (Å²) < 4.78 is 42.9. The van der Waals surface area contributed by atoms with Crippen molar-refractivity contribution in [2.24, 2.45) is 0 Å². The topological polar surface area (TPSA) is 108 Å². The van der Waals surface area contributed by atoms with Crippen molar-refractivity contribution >= 4 is 11.9 Å². The van der Waals surface area contributed by atoms with Crippen molar-refractivity contribution in [3.05, 3.63) is 121 Å². The Hall–Kier alpha value is -4.22. The molecular weight excluding hydrogens is 688 g/mol. The molecule has 4 rings (SSSR count). The predicted octanol–water partition coefficient (Wildman–Crippen LogP) is 8.67. The monoisotopic (exact) mass is 750 g/mol. The number of rotatable bonds is 22. The molecular formula is C44H62O10. The quantitative estimate of drug-likeness (QED) is 0.0502. The number of benzene rings is 2. The molecule has 0 aromatic heterocycles. The van der Waals surface area contributed by atoms with Crippen LogP contribution in [0.1, 0.15) is 83.2 Å². The van der Waals surface area contributed by atoms with Crippen molar-refractivity contribution < 1.29 is 47.5 Å². The van der Waals surface area contributed by atoms with Crippen LogP contribution in [0.2, 0.25) is 0 Å². The van der Waals surface area contributed by atoms with Gasteiger partial charge < -0.3 is 37.9 Å². The van der Waals surface area contributed by atoms with Crippen molar-refractivity contribution in [2.45, 2.75) is 89.6 Å². The van der Waals surface area contributed by atoms with Crippen LogP contribution in [0.15, 0.2) is 98.5 Å². The van der Waals surface area contributed by atoms with E-state index in [9.17, 15) is 9.59 Å². The zero-order valence-corrected chi connectivity index (χ0v) is 32.8. The van der Waals surface area contributed by atoms with Gasteiger partial charge in [0.2, 0.25) is 0 Å². The van der Waals surface area contributed by atoms with Crippen LogP contribution in [-0.2, 0) is 37.9 Å². The zero-order valence-electron chi connectivity index (χ0n) is 32.8. The number of aryl methyl sites for hydroxylation is 2. The normalized spacial score (nSPS) is 18.5. The lowest BCUT2D eigenvalue weighted by Gasteiger charge is -2.17. The van der Waals surface area contributed by atoms with E-state index in [-0.39, 0.29) is 13.2 Å². The maximum Gasteiger partial charge on any atom is 0.338 e. The fourth-order valence-electron chi connectivity index (χ4n) is 5.35. The predicted molar refractivity (Wildman–Crippen MR) is 212 cm³/mol. The van der Waals surface area contributed by atoms with Gasteiger partial charge in [0.25, 0.3) is 0 Å². The Balaban J connectivity index is 0.000000326. The van der Waals surface area contributed by atoms with E-state index in [4.69, 9.17) is 37.9 Å². The van der Waals surface area contributed by atoms with Gasteiger partial charge in [-0.1, -0.05) is 73.5 Å². The third kappa shape index (κ3) is 19.2. The first-order chi connectivity index (χ1) is 26.3. The van der Waals surface area contributed by atoms with E-state index in [1.165, 1.54) is 25.7 Å². The standard InChI is InChI=1S/C22H22O6.2C11H20O2/c1-13-3-7-15(8-4-13)21(23)27-17-11-25-20-18(12-26-19(17)20)28-22(24)16-9-5-14(2)6-10-16;2*1-3-4-10-13-11-8-6-5-7-9-12-2/h3-10,17-20H,11-12H2,1-2H3;2*3-4,10H,1,5-9,11H2,2H3/t17-,18-,19?,20?;;/m0../s1. The number of ether oxygens (including phenoxy) is 8. The second-order valence-corrected chi connectivity index (χ2v) is 12.9. The Kier molecular flexibility index (Phi) is 24.8. The van der Waals surface area contributed by atoms with Crippen molar-refractivity contribution in [2.75, 3.05) is 53.9 Å². The second-order valence-electron chi connectivity index (χ2n) is 12.9. The van der Waals surface area contributed by atoms with Gasteiger partial charge in [-0.3, -0.25) is 0 Å². The Morgan fingerprint density at radius 1 is 0.593 bits per heavy atom. The van der Waals surface area contributed by atoms with Crippen molar-refractivity contribution in [3.8, 4) is 0 Å². The van der Waals surface area contributed by atoms with Gasteiger partial charge in [0.05, 0.1) is 50.1 Å². The molecule has 2 unspecified atom stereocenters. The molecule has 2 fully saturated rings. The molecule has 0 spiro atoms. The molecule has 10 heteroatoms. The summed E-state index contributed by atoms with van der Waals surface area (Å²) in [6, 6.07) is 14.3. The third-order valence-electron chi connectivity index (χ3n) is 8.40. The number of fused-ring (bicyclic) bond motifs is 1. The number of esters is 2. The van der Waals surface area contributed by atoms with Crippen molar-refractivity contribution in [1.82, 2.24) is 0 Å². The lowest BCUT2D eigenvalue weighted by Crippen LogP contribution is -2.36. The molecule has 0 aliphatic carbocycles.